The van der Waals surface area contributed by atoms with Crippen molar-refractivity contribution in [2.75, 3.05) is 11.9 Å². The molecule has 1 amide bonds. The minimum Gasteiger partial charge on any atom is -0.350 e. The summed E-state index contributed by atoms with van der Waals surface area (Å²) < 4.78 is 0. The Balaban J connectivity index is 1.56. The van der Waals surface area contributed by atoms with Crippen LogP contribution >= 0.6 is 0 Å². The number of anilines is 2. The average Bonchev–Trinajstić information content (AvgIpc) is 2.66. The van der Waals surface area contributed by atoms with E-state index in [2.05, 4.69) is 38.8 Å². The van der Waals surface area contributed by atoms with E-state index in [0.717, 1.165) is 17.7 Å². The van der Waals surface area contributed by atoms with Crippen LogP contribution in [0.1, 0.15) is 27.2 Å². The number of carbonyl (C=O) groups is 1. The Hall–Kier alpha value is -3.21. The highest BCUT2D eigenvalue weighted by atomic mass is 16.1. The summed E-state index contributed by atoms with van der Waals surface area (Å²) in [5.41, 5.74) is 4.77. The van der Waals surface area contributed by atoms with Crippen LogP contribution in [-0.4, -0.2) is 22.4 Å². The molecule has 2 N–H and O–H groups in total. The fraction of sp³-hybridized carbons (Fsp3) is 0.190. The first-order valence-corrected chi connectivity index (χ1v) is 8.60. The number of hydrogen-bond donors (Lipinski definition) is 2. The van der Waals surface area contributed by atoms with E-state index in [0.29, 0.717) is 18.1 Å². The van der Waals surface area contributed by atoms with E-state index in [4.69, 9.17) is 0 Å². The van der Waals surface area contributed by atoms with Gasteiger partial charge in [-0.05, 0) is 43.0 Å². The lowest BCUT2D eigenvalue weighted by Gasteiger charge is -2.10. The molecule has 0 saturated carbocycles. The fourth-order valence-corrected chi connectivity index (χ4v) is 2.57. The normalized spacial score (nSPS) is 10.4. The molecule has 2 aromatic carbocycles. The minimum atomic E-state index is -0.216. The topological polar surface area (TPSA) is 66.9 Å². The third-order valence-electron chi connectivity index (χ3n) is 4.08. The fourth-order valence-electron chi connectivity index (χ4n) is 2.57. The van der Waals surface area contributed by atoms with Gasteiger partial charge in [0.15, 0.2) is 0 Å². The van der Waals surface area contributed by atoms with Gasteiger partial charge in [0.1, 0.15) is 11.5 Å². The van der Waals surface area contributed by atoms with Crippen molar-refractivity contribution in [2.24, 2.45) is 0 Å². The first-order chi connectivity index (χ1) is 12.6. The van der Waals surface area contributed by atoms with Crippen LogP contribution in [0.2, 0.25) is 0 Å². The van der Waals surface area contributed by atoms with Gasteiger partial charge in [-0.3, -0.25) is 4.79 Å². The minimum absolute atomic E-state index is 0.216. The number of hydrogen-bond acceptors (Lipinski definition) is 4. The van der Waals surface area contributed by atoms with Crippen LogP contribution in [0.25, 0.3) is 0 Å². The number of rotatable bonds is 6. The van der Waals surface area contributed by atoms with Crippen LogP contribution in [0.4, 0.5) is 11.5 Å². The lowest BCUT2D eigenvalue weighted by Crippen LogP contribution is -2.26. The van der Waals surface area contributed by atoms with Gasteiger partial charge in [-0.2, -0.15) is 0 Å². The van der Waals surface area contributed by atoms with E-state index in [1.165, 1.54) is 17.3 Å². The summed E-state index contributed by atoms with van der Waals surface area (Å²) in [6.07, 6.45) is 3.85. The van der Waals surface area contributed by atoms with Crippen molar-refractivity contribution in [2.45, 2.75) is 20.3 Å². The Labute approximate surface area is 153 Å². The number of aromatic nitrogens is 2. The van der Waals surface area contributed by atoms with Crippen molar-refractivity contribution in [3.63, 3.8) is 0 Å². The molecule has 1 aromatic heterocycles. The molecule has 0 aliphatic rings. The van der Waals surface area contributed by atoms with Crippen molar-refractivity contribution in [1.82, 2.24) is 15.3 Å². The van der Waals surface area contributed by atoms with E-state index in [9.17, 15) is 4.79 Å². The molecule has 0 aliphatic carbocycles. The molecule has 0 spiro atoms. The Morgan fingerprint density at radius 3 is 2.54 bits per heavy atom. The summed E-state index contributed by atoms with van der Waals surface area (Å²) >= 11 is 0. The van der Waals surface area contributed by atoms with Crippen molar-refractivity contribution in [1.29, 1.82) is 0 Å². The van der Waals surface area contributed by atoms with Gasteiger partial charge in [-0.1, -0.05) is 42.5 Å². The van der Waals surface area contributed by atoms with Gasteiger partial charge in [0, 0.05) is 12.2 Å². The van der Waals surface area contributed by atoms with Gasteiger partial charge in [-0.15, -0.1) is 0 Å². The van der Waals surface area contributed by atoms with Gasteiger partial charge < -0.3 is 10.6 Å². The Morgan fingerprint density at radius 2 is 1.81 bits per heavy atom. The molecule has 26 heavy (non-hydrogen) atoms. The summed E-state index contributed by atoms with van der Waals surface area (Å²) in [6.45, 7) is 4.63. The standard InChI is InChI=1S/C21H22N4O/c1-15-8-9-16(2)18(12-15)25-20-14-23-19(13-24-20)21(26)22-11-10-17-6-4-3-5-7-17/h3-9,12-14H,10-11H2,1-2H3,(H,22,26)(H,24,25). The van der Waals surface area contributed by atoms with Crippen LogP contribution in [0.3, 0.4) is 0 Å². The predicted molar refractivity (Wildman–Crippen MR) is 104 cm³/mol. The number of amides is 1. The molecule has 0 unspecified atom stereocenters. The molecule has 5 nitrogen and oxygen atoms in total. The molecule has 0 bridgehead atoms. The zero-order valence-electron chi connectivity index (χ0n) is 15.0. The number of nitrogens with one attached hydrogen (secondary N) is 2. The molecular formula is C21H22N4O. The lowest BCUT2D eigenvalue weighted by atomic mass is 10.1. The maximum Gasteiger partial charge on any atom is 0.271 e. The highest BCUT2D eigenvalue weighted by molar-refractivity contribution is 5.92. The molecule has 0 fully saturated rings. The van der Waals surface area contributed by atoms with Gasteiger partial charge in [-0.25, -0.2) is 9.97 Å². The van der Waals surface area contributed by atoms with E-state index in [1.54, 1.807) is 6.20 Å². The van der Waals surface area contributed by atoms with Crippen LogP contribution in [-0.2, 0) is 6.42 Å². The van der Waals surface area contributed by atoms with E-state index in [1.807, 2.05) is 44.2 Å². The van der Waals surface area contributed by atoms with Crippen molar-refractivity contribution in [3.05, 3.63) is 83.3 Å². The maximum atomic E-state index is 12.2. The summed E-state index contributed by atoms with van der Waals surface area (Å²) in [5.74, 6) is 0.395. The van der Waals surface area contributed by atoms with Crippen molar-refractivity contribution >= 4 is 17.4 Å². The molecule has 0 aliphatic heterocycles. The molecular weight excluding hydrogens is 324 g/mol. The average molecular weight is 346 g/mol. The third kappa shape index (κ3) is 4.66. The SMILES string of the molecule is Cc1ccc(C)c(Nc2cnc(C(=O)NCCc3ccccc3)cn2)c1. The smallest absolute Gasteiger partial charge is 0.271 e. The zero-order chi connectivity index (χ0) is 18.4. The van der Waals surface area contributed by atoms with Crippen LogP contribution in [0.15, 0.2) is 60.9 Å². The van der Waals surface area contributed by atoms with Crippen molar-refractivity contribution in [3.8, 4) is 0 Å². The monoisotopic (exact) mass is 346 g/mol. The molecule has 5 heteroatoms. The summed E-state index contributed by atoms with van der Waals surface area (Å²) in [6, 6.07) is 16.2. The molecule has 3 rings (SSSR count). The Kier molecular flexibility index (Phi) is 5.59. The van der Waals surface area contributed by atoms with Gasteiger partial charge in [0.25, 0.3) is 5.91 Å². The van der Waals surface area contributed by atoms with E-state index >= 15 is 0 Å². The van der Waals surface area contributed by atoms with Crippen LogP contribution in [0, 0.1) is 13.8 Å². The second kappa shape index (κ2) is 8.25. The highest BCUT2D eigenvalue weighted by Gasteiger charge is 2.08. The molecule has 0 radical (unpaired) electrons. The quantitative estimate of drug-likeness (QED) is 0.712. The number of nitrogens with zero attached hydrogens (tertiary/aromatic N) is 2. The first-order valence-electron chi connectivity index (χ1n) is 8.60. The Bertz CT molecular complexity index is 876. The van der Waals surface area contributed by atoms with E-state index in [-0.39, 0.29) is 5.91 Å². The van der Waals surface area contributed by atoms with Gasteiger partial charge >= 0.3 is 0 Å². The molecule has 0 saturated heterocycles. The van der Waals surface area contributed by atoms with Gasteiger partial charge in [0.2, 0.25) is 0 Å². The molecule has 1 heterocycles. The number of aryl methyl sites for hydroxylation is 2. The zero-order valence-corrected chi connectivity index (χ0v) is 15.0. The first kappa shape index (κ1) is 17.6. The molecule has 132 valence electrons. The Morgan fingerprint density at radius 1 is 1.00 bits per heavy atom. The maximum absolute atomic E-state index is 12.2. The van der Waals surface area contributed by atoms with Crippen LogP contribution < -0.4 is 10.6 Å². The third-order valence-corrected chi connectivity index (χ3v) is 4.08. The predicted octanol–water partition coefficient (Wildman–Crippen LogP) is 3.81. The second-order valence-electron chi connectivity index (χ2n) is 6.22. The second-order valence-corrected chi connectivity index (χ2v) is 6.22. The lowest BCUT2D eigenvalue weighted by molar-refractivity contribution is 0.0949. The molecule has 0 atom stereocenters. The molecule has 3 aromatic rings. The van der Waals surface area contributed by atoms with Crippen molar-refractivity contribution < 1.29 is 4.79 Å². The summed E-state index contributed by atoms with van der Waals surface area (Å²) in [4.78, 5) is 20.7. The number of carbonyl (C=O) groups excluding carboxylic acids is 1. The highest BCUT2D eigenvalue weighted by Crippen LogP contribution is 2.20. The summed E-state index contributed by atoms with van der Waals surface area (Å²) in [5, 5.41) is 6.11. The van der Waals surface area contributed by atoms with Crippen LogP contribution in [0.5, 0.6) is 0 Å². The van der Waals surface area contributed by atoms with E-state index < -0.39 is 0 Å². The largest absolute Gasteiger partial charge is 0.350 e. The number of benzene rings is 2. The summed E-state index contributed by atoms with van der Waals surface area (Å²) in [7, 11) is 0. The van der Waals surface area contributed by atoms with Gasteiger partial charge in [0.05, 0.1) is 12.4 Å².